The van der Waals surface area contributed by atoms with Crippen LogP contribution in [0.3, 0.4) is 0 Å². The van der Waals surface area contributed by atoms with E-state index in [9.17, 15) is 9.90 Å². The second-order valence-electron chi connectivity index (χ2n) is 7.70. The molecule has 0 amide bonds. The van der Waals surface area contributed by atoms with E-state index >= 15 is 0 Å². The molecule has 0 aromatic heterocycles. The molecule has 2 aromatic carbocycles. The molecule has 0 saturated carbocycles. The number of hydrogen-bond donors (Lipinski definition) is 1. The molecule has 4 nitrogen and oxygen atoms in total. The molecule has 0 fully saturated rings. The fourth-order valence-corrected chi connectivity index (χ4v) is 2.77. The zero-order valence-corrected chi connectivity index (χ0v) is 17.1. The standard InChI is InChI=1S/C24H30O4/c1-5-27-23(17-12-18-10-14-20(15-11-18)24(2,3)4)28-22(26)16-13-19-8-6-7-9-21(19)25/h6-11,13-16,23,25H,5,12,17H2,1-4H3. The molecule has 0 radical (unpaired) electrons. The van der Waals surface area contributed by atoms with E-state index in [4.69, 9.17) is 9.47 Å². The van der Waals surface area contributed by atoms with Crippen molar-refractivity contribution in [1.29, 1.82) is 0 Å². The van der Waals surface area contributed by atoms with E-state index in [0.29, 0.717) is 18.6 Å². The molecule has 0 spiro atoms. The molecule has 0 bridgehead atoms. The Bertz CT molecular complexity index is 785. The van der Waals surface area contributed by atoms with Crippen molar-refractivity contribution in [2.45, 2.75) is 52.2 Å². The molecular weight excluding hydrogens is 352 g/mol. The number of benzene rings is 2. The number of esters is 1. The van der Waals surface area contributed by atoms with Crippen molar-refractivity contribution in [3.05, 3.63) is 71.3 Å². The molecule has 2 rings (SSSR count). The Labute approximate surface area is 167 Å². The largest absolute Gasteiger partial charge is 0.507 e. The van der Waals surface area contributed by atoms with Crippen LogP contribution in [0.15, 0.2) is 54.6 Å². The van der Waals surface area contributed by atoms with Gasteiger partial charge < -0.3 is 14.6 Å². The summed E-state index contributed by atoms with van der Waals surface area (Å²) in [6.45, 7) is 8.90. The third kappa shape index (κ3) is 6.86. The molecule has 1 atom stereocenters. The first-order chi connectivity index (χ1) is 13.3. The van der Waals surface area contributed by atoms with Crippen LogP contribution >= 0.6 is 0 Å². The van der Waals surface area contributed by atoms with E-state index in [1.165, 1.54) is 23.3 Å². The third-order valence-corrected chi connectivity index (χ3v) is 4.42. The number of aryl methyl sites for hydroxylation is 1. The molecule has 2 aromatic rings. The van der Waals surface area contributed by atoms with Gasteiger partial charge in [0.15, 0.2) is 0 Å². The number of hydrogen-bond acceptors (Lipinski definition) is 4. The Hall–Kier alpha value is -2.59. The average Bonchev–Trinajstić information content (AvgIpc) is 2.65. The predicted octanol–water partition coefficient (Wildman–Crippen LogP) is 5.24. The number of para-hydroxylation sites is 1. The van der Waals surface area contributed by atoms with Gasteiger partial charge in [-0.15, -0.1) is 0 Å². The van der Waals surface area contributed by atoms with Crippen LogP contribution in [0.1, 0.15) is 50.8 Å². The quantitative estimate of drug-likeness (QED) is 0.385. The van der Waals surface area contributed by atoms with E-state index in [1.54, 1.807) is 24.3 Å². The topological polar surface area (TPSA) is 55.8 Å². The minimum atomic E-state index is -0.603. The summed E-state index contributed by atoms with van der Waals surface area (Å²) >= 11 is 0. The maximum atomic E-state index is 12.1. The lowest BCUT2D eigenvalue weighted by Gasteiger charge is -2.20. The number of aromatic hydroxyl groups is 1. The second kappa shape index (κ2) is 10.1. The predicted molar refractivity (Wildman–Crippen MR) is 112 cm³/mol. The lowest BCUT2D eigenvalue weighted by molar-refractivity contribution is -0.173. The lowest BCUT2D eigenvalue weighted by Crippen LogP contribution is -2.21. The van der Waals surface area contributed by atoms with Crippen molar-refractivity contribution in [2.75, 3.05) is 6.61 Å². The second-order valence-corrected chi connectivity index (χ2v) is 7.70. The first kappa shape index (κ1) is 21.7. The number of rotatable bonds is 8. The highest BCUT2D eigenvalue weighted by atomic mass is 16.7. The Kier molecular flexibility index (Phi) is 7.82. The van der Waals surface area contributed by atoms with Crippen molar-refractivity contribution in [1.82, 2.24) is 0 Å². The number of phenolic OH excluding ortho intramolecular Hbond substituents is 1. The molecule has 150 valence electrons. The van der Waals surface area contributed by atoms with E-state index in [-0.39, 0.29) is 11.2 Å². The van der Waals surface area contributed by atoms with E-state index in [2.05, 4.69) is 45.0 Å². The van der Waals surface area contributed by atoms with Crippen LogP contribution in [-0.4, -0.2) is 24.0 Å². The molecule has 28 heavy (non-hydrogen) atoms. The van der Waals surface area contributed by atoms with E-state index < -0.39 is 12.3 Å². The fourth-order valence-electron chi connectivity index (χ4n) is 2.77. The number of carbonyl (C=O) groups is 1. The molecule has 0 heterocycles. The van der Waals surface area contributed by atoms with Gasteiger partial charge in [0.25, 0.3) is 0 Å². The Morgan fingerprint density at radius 2 is 1.79 bits per heavy atom. The Balaban J connectivity index is 1.92. The molecule has 0 aliphatic carbocycles. The molecule has 1 unspecified atom stereocenters. The molecular formula is C24H30O4. The highest BCUT2D eigenvalue weighted by molar-refractivity contribution is 5.87. The van der Waals surface area contributed by atoms with Gasteiger partial charge in [-0.25, -0.2) is 4.79 Å². The molecule has 0 aliphatic heterocycles. The monoisotopic (exact) mass is 382 g/mol. The van der Waals surface area contributed by atoms with Gasteiger partial charge in [0.05, 0.1) is 0 Å². The smallest absolute Gasteiger partial charge is 0.333 e. The lowest BCUT2D eigenvalue weighted by atomic mass is 9.86. The van der Waals surface area contributed by atoms with Gasteiger partial charge in [-0.05, 0) is 42.0 Å². The summed E-state index contributed by atoms with van der Waals surface area (Å²) in [6.07, 6.45) is 3.57. The maximum absolute atomic E-state index is 12.1. The van der Waals surface area contributed by atoms with Crippen LogP contribution in [0.4, 0.5) is 0 Å². The van der Waals surface area contributed by atoms with Crippen LogP contribution < -0.4 is 0 Å². The zero-order valence-electron chi connectivity index (χ0n) is 17.1. The van der Waals surface area contributed by atoms with E-state index in [1.807, 2.05) is 6.92 Å². The zero-order chi connectivity index (χ0) is 20.6. The normalized spacial score (nSPS) is 12.9. The maximum Gasteiger partial charge on any atom is 0.333 e. The summed E-state index contributed by atoms with van der Waals surface area (Å²) in [7, 11) is 0. The fraction of sp³-hybridized carbons (Fsp3) is 0.375. The van der Waals surface area contributed by atoms with Crippen molar-refractivity contribution in [3.63, 3.8) is 0 Å². The van der Waals surface area contributed by atoms with Gasteiger partial charge in [0, 0.05) is 24.7 Å². The van der Waals surface area contributed by atoms with Gasteiger partial charge >= 0.3 is 5.97 Å². The molecule has 1 N–H and O–H groups in total. The molecule has 0 saturated heterocycles. The van der Waals surface area contributed by atoms with Crippen LogP contribution in [0.25, 0.3) is 6.08 Å². The highest BCUT2D eigenvalue weighted by Crippen LogP contribution is 2.23. The van der Waals surface area contributed by atoms with Crippen molar-refractivity contribution >= 4 is 12.0 Å². The molecule has 0 aliphatic rings. The van der Waals surface area contributed by atoms with Crippen LogP contribution in [0, 0.1) is 0 Å². The van der Waals surface area contributed by atoms with Gasteiger partial charge in [-0.1, -0.05) is 63.2 Å². The Morgan fingerprint density at radius 3 is 2.39 bits per heavy atom. The Morgan fingerprint density at radius 1 is 1.11 bits per heavy atom. The van der Waals surface area contributed by atoms with E-state index in [0.717, 1.165) is 6.42 Å². The third-order valence-electron chi connectivity index (χ3n) is 4.42. The first-order valence-corrected chi connectivity index (χ1v) is 9.67. The van der Waals surface area contributed by atoms with Crippen LogP contribution in [0.5, 0.6) is 5.75 Å². The van der Waals surface area contributed by atoms with Gasteiger partial charge in [0.1, 0.15) is 5.75 Å². The average molecular weight is 383 g/mol. The number of ether oxygens (including phenoxy) is 2. The van der Waals surface area contributed by atoms with Gasteiger partial charge in [0.2, 0.25) is 6.29 Å². The first-order valence-electron chi connectivity index (χ1n) is 9.67. The van der Waals surface area contributed by atoms with Gasteiger partial charge in [-0.2, -0.15) is 0 Å². The number of phenols is 1. The minimum Gasteiger partial charge on any atom is -0.507 e. The van der Waals surface area contributed by atoms with Crippen molar-refractivity contribution in [3.8, 4) is 5.75 Å². The summed E-state index contributed by atoms with van der Waals surface area (Å²) < 4.78 is 11.0. The van der Waals surface area contributed by atoms with Crippen LogP contribution in [0.2, 0.25) is 0 Å². The van der Waals surface area contributed by atoms with Crippen molar-refractivity contribution < 1.29 is 19.4 Å². The van der Waals surface area contributed by atoms with Gasteiger partial charge in [-0.3, -0.25) is 0 Å². The molecule has 4 heteroatoms. The highest BCUT2D eigenvalue weighted by Gasteiger charge is 2.15. The summed E-state index contributed by atoms with van der Waals surface area (Å²) in [4.78, 5) is 12.1. The minimum absolute atomic E-state index is 0.117. The number of carbonyl (C=O) groups excluding carboxylic acids is 1. The summed E-state index contributed by atoms with van der Waals surface area (Å²) in [5, 5.41) is 9.74. The summed E-state index contributed by atoms with van der Waals surface area (Å²) in [5.74, 6) is -0.378. The summed E-state index contributed by atoms with van der Waals surface area (Å²) in [6, 6.07) is 15.3. The summed E-state index contributed by atoms with van der Waals surface area (Å²) in [5.41, 5.74) is 3.16. The van der Waals surface area contributed by atoms with Crippen LogP contribution in [-0.2, 0) is 26.1 Å². The van der Waals surface area contributed by atoms with Crippen molar-refractivity contribution in [2.24, 2.45) is 0 Å². The SMILES string of the molecule is CCOC(CCc1ccc(C(C)(C)C)cc1)OC(=O)C=Cc1ccccc1O.